The topological polar surface area (TPSA) is 29.5 Å². The van der Waals surface area contributed by atoms with E-state index in [9.17, 15) is 4.79 Å². The minimum atomic E-state index is -0.160. The standard InChI is InChI=1S/C13H21NO2/c1-3-5-11-16-13(15)14-9-7-12(6-4-2)8-10-14/h2,12H,3,5-11H2,1H3. The van der Waals surface area contributed by atoms with Crippen molar-refractivity contribution in [1.82, 2.24) is 4.90 Å². The van der Waals surface area contributed by atoms with Crippen molar-refractivity contribution in [2.75, 3.05) is 19.7 Å². The second kappa shape index (κ2) is 7.16. The number of unbranched alkanes of at least 4 members (excludes halogenated alkanes) is 1. The van der Waals surface area contributed by atoms with E-state index < -0.39 is 0 Å². The molecule has 90 valence electrons. The molecule has 0 aromatic heterocycles. The van der Waals surface area contributed by atoms with Crippen molar-refractivity contribution in [2.24, 2.45) is 5.92 Å². The molecule has 0 N–H and O–H groups in total. The summed E-state index contributed by atoms with van der Waals surface area (Å²) in [4.78, 5) is 13.4. The Labute approximate surface area is 98.1 Å². The maximum atomic E-state index is 11.6. The van der Waals surface area contributed by atoms with Crippen LogP contribution in [0, 0.1) is 18.3 Å². The van der Waals surface area contributed by atoms with Gasteiger partial charge in [0.25, 0.3) is 0 Å². The molecule has 0 bridgehead atoms. The van der Waals surface area contributed by atoms with Crippen LogP contribution >= 0.6 is 0 Å². The Morgan fingerprint density at radius 3 is 2.75 bits per heavy atom. The van der Waals surface area contributed by atoms with Crippen molar-refractivity contribution < 1.29 is 9.53 Å². The summed E-state index contributed by atoms with van der Waals surface area (Å²) in [6.45, 7) is 4.20. The van der Waals surface area contributed by atoms with Gasteiger partial charge in [-0.05, 0) is 25.2 Å². The first kappa shape index (κ1) is 12.9. The molecule has 1 rings (SSSR count). The molecule has 1 aliphatic rings. The number of terminal acetylenes is 1. The first-order valence-electron chi connectivity index (χ1n) is 6.13. The van der Waals surface area contributed by atoms with Gasteiger partial charge in [-0.25, -0.2) is 4.79 Å². The Hall–Kier alpha value is -1.17. The lowest BCUT2D eigenvalue weighted by Crippen LogP contribution is -2.38. The zero-order valence-electron chi connectivity index (χ0n) is 10.1. The third-order valence-corrected chi connectivity index (χ3v) is 3.00. The molecule has 16 heavy (non-hydrogen) atoms. The lowest BCUT2D eigenvalue weighted by Gasteiger charge is -2.30. The summed E-state index contributed by atoms with van der Waals surface area (Å²) in [7, 11) is 0. The fourth-order valence-electron chi connectivity index (χ4n) is 1.88. The molecular weight excluding hydrogens is 202 g/mol. The van der Waals surface area contributed by atoms with Crippen LogP contribution in [0.5, 0.6) is 0 Å². The molecular formula is C13H21NO2. The number of nitrogens with zero attached hydrogens (tertiary/aromatic N) is 1. The Morgan fingerprint density at radius 1 is 1.50 bits per heavy atom. The zero-order chi connectivity index (χ0) is 11.8. The Morgan fingerprint density at radius 2 is 2.19 bits per heavy atom. The van der Waals surface area contributed by atoms with E-state index >= 15 is 0 Å². The van der Waals surface area contributed by atoms with Gasteiger partial charge in [0, 0.05) is 19.5 Å². The highest BCUT2D eigenvalue weighted by molar-refractivity contribution is 5.67. The molecule has 0 aromatic rings. The number of hydrogen-bond donors (Lipinski definition) is 0. The van der Waals surface area contributed by atoms with E-state index in [1.54, 1.807) is 4.90 Å². The summed E-state index contributed by atoms with van der Waals surface area (Å²) >= 11 is 0. The Balaban J connectivity index is 2.20. The van der Waals surface area contributed by atoms with Gasteiger partial charge < -0.3 is 9.64 Å². The van der Waals surface area contributed by atoms with Crippen LogP contribution in [0.25, 0.3) is 0 Å². The predicted octanol–water partition coefficient (Wildman–Crippen LogP) is 2.66. The highest BCUT2D eigenvalue weighted by Gasteiger charge is 2.22. The van der Waals surface area contributed by atoms with Gasteiger partial charge in [-0.15, -0.1) is 12.3 Å². The van der Waals surface area contributed by atoms with Gasteiger partial charge in [-0.2, -0.15) is 0 Å². The van der Waals surface area contributed by atoms with Gasteiger partial charge in [0.2, 0.25) is 0 Å². The van der Waals surface area contributed by atoms with Gasteiger partial charge >= 0.3 is 6.09 Å². The van der Waals surface area contributed by atoms with Gasteiger partial charge in [-0.3, -0.25) is 0 Å². The van der Waals surface area contributed by atoms with Crippen molar-refractivity contribution in [3.8, 4) is 12.3 Å². The van der Waals surface area contributed by atoms with E-state index in [-0.39, 0.29) is 6.09 Å². The maximum Gasteiger partial charge on any atom is 0.409 e. The molecule has 0 unspecified atom stereocenters. The summed E-state index contributed by atoms with van der Waals surface area (Å²) in [5.41, 5.74) is 0. The first-order valence-corrected chi connectivity index (χ1v) is 6.13. The SMILES string of the molecule is C#CCC1CCN(C(=O)OCCCC)CC1. The van der Waals surface area contributed by atoms with E-state index in [2.05, 4.69) is 12.8 Å². The molecule has 1 heterocycles. The number of likely N-dealkylation sites (tertiary alicyclic amines) is 1. The second-order valence-corrected chi connectivity index (χ2v) is 4.31. The van der Waals surface area contributed by atoms with E-state index in [4.69, 9.17) is 11.2 Å². The zero-order valence-corrected chi connectivity index (χ0v) is 10.1. The summed E-state index contributed by atoms with van der Waals surface area (Å²) in [6.07, 6.45) is 9.96. The minimum absolute atomic E-state index is 0.160. The van der Waals surface area contributed by atoms with Crippen LogP contribution in [0.1, 0.15) is 39.0 Å². The lowest BCUT2D eigenvalue weighted by atomic mass is 9.94. The molecule has 1 fully saturated rings. The molecule has 0 aromatic carbocycles. The van der Waals surface area contributed by atoms with Gasteiger partial charge in [0.1, 0.15) is 0 Å². The van der Waals surface area contributed by atoms with E-state index in [1.807, 2.05) is 0 Å². The highest BCUT2D eigenvalue weighted by Crippen LogP contribution is 2.20. The smallest absolute Gasteiger partial charge is 0.409 e. The quantitative estimate of drug-likeness (QED) is 0.541. The molecule has 1 saturated heterocycles. The lowest BCUT2D eigenvalue weighted by molar-refractivity contribution is 0.0871. The van der Waals surface area contributed by atoms with Crippen LogP contribution in [0.3, 0.4) is 0 Å². The van der Waals surface area contributed by atoms with Crippen molar-refractivity contribution in [3.05, 3.63) is 0 Å². The highest BCUT2D eigenvalue weighted by atomic mass is 16.6. The number of rotatable bonds is 4. The Kier molecular flexibility index (Phi) is 5.77. The third-order valence-electron chi connectivity index (χ3n) is 3.00. The average molecular weight is 223 g/mol. The fourth-order valence-corrected chi connectivity index (χ4v) is 1.88. The molecule has 3 nitrogen and oxygen atoms in total. The number of piperidine rings is 1. The molecule has 0 atom stereocenters. The molecule has 3 heteroatoms. The van der Waals surface area contributed by atoms with Gasteiger partial charge in [0.05, 0.1) is 6.61 Å². The number of carbonyl (C=O) groups excluding carboxylic acids is 1. The van der Waals surface area contributed by atoms with Gasteiger partial charge in [-0.1, -0.05) is 13.3 Å². The van der Waals surface area contributed by atoms with Crippen LogP contribution in [-0.4, -0.2) is 30.7 Å². The number of amides is 1. The largest absolute Gasteiger partial charge is 0.449 e. The number of hydrogen-bond acceptors (Lipinski definition) is 2. The molecule has 0 saturated carbocycles. The van der Waals surface area contributed by atoms with Crippen LogP contribution < -0.4 is 0 Å². The van der Waals surface area contributed by atoms with Crippen molar-refractivity contribution in [3.63, 3.8) is 0 Å². The van der Waals surface area contributed by atoms with Crippen LogP contribution in [0.15, 0.2) is 0 Å². The number of carbonyl (C=O) groups is 1. The monoisotopic (exact) mass is 223 g/mol. The maximum absolute atomic E-state index is 11.6. The molecule has 0 radical (unpaired) electrons. The molecule has 1 amide bonds. The average Bonchev–Trinajstić information content (AvgIpc) is 2.30. The summed E-state index contributed by atoms with van der Waals surface area (Å²) in [5, 5.41) is 0. The molecule has 1 aliphatic heterocycles. The second-order valence-electron chi connectivity index (χ2n) is 4.31. The van der Waals surface area contributed by atoms with Crippen LogP contribution in [-0.2, 0) is 4.74 Å². The van der Waals surface area contributed by atoms with E-state index in [0.717, 1.165) is 45.2 Å². The van der Waals surface area contributed by atoms with E-state index in [1.165, 1.54) is 0 Å². The minimum Gasteiger partial charge on any atom is -0.449 e. The summed E-state index contributed by atoms with van der Waals surface area (Å²) in [6, 6.07) is 0. The van der Waals surface area contributed by atoms with Crippen molar-refractivity contribution >= 4 is 6.09 Å². The first-order chi connectivity index (χ1) is 7.77. The summed E-state index contributed by atoms with van der Waals surface area (Å²) in [5.74, 6) is 3.28. The Bertz CT molecular complexity index is 249. The number of ether oxygens (including phenoxy) is 1. The fraction of sp³-hybridized carbons (Fsp3) is 0.769. The molecule has 0 spiro atoms. The van der Waals surface area contributed by atoms with Gasteiger partial charge in [0.15, 0.2) is 0 Å². The van der Waals surface area contributed by atoms with E-state index in [0.29, 0.717) is 12.5 Å². The van der Waals surface area contributed by atoms with Crippen molar-refractivity contribution in [1.29, 1.82) is 0 Å². The summed E-state index contributed by atoms with van der Waals surface area (Å²) < 4.78 is 5.16. The third kappa shape index (κ3) is 4.14. The molecule has 0 aliphatic carbocycles. The predicted molar refractivity (Wildman–Crippen MR) is 64.0 cm³/mol. The van der Waals surface area contributed by atoms with Crippen LogP contribution in [0.4, 0.5) is 4.79 Å². The normalized spacial score (nSPS) is 16.9. The van der Waals surface area contributed by atoms with Crippen molar-refractivity contribution in [2.45, 2.75) is 39.0 Å². The van der Waals surface area contributed by atoms with Crippen LogP contribution in [0.2, 0.25) is 0 Å².